The summed E-state index contributed by atoms with van der Waals surface area (Å²) < 4.78 is 5.07. The number of unbranched alkanes of at least 4 members (excludes halogenated alkanes) is 1. The second-order valence-electron chi connectivity index (χ2n) is 4.85. The van der Waals surface area contributed by atoms with E-state index >= 15 is 0 Å². The van der Waals surface area contributed by atoms with Gasteiger partial charge in [-0.2, -0.15) is 0 Å². The molecule has 0 spiro atoms. The zero-order valence-corrected chi connectivity index (χ0v) is 13.2. The molecule has 0 aliphatic carbocycles. The molecule has 1 rings (SSSR count). The van der Waals surface area contributed by atoms with E-state index in [1.807, 2.05) is 30.3 Å². The topological polar surface area (TPSA) is 55.4 Å². The Bertz CT molecular complexity index is 533. The largest absolute Gasteiger partial charge is 0.462 e. The first kappa shape index (κ1) is 17.7. The standard InChI is InChI=1S/C18H23NO3/c1-3-15(2)18(21)22-14-8-7-13-19-17(20)12-11-16-9-5-4-6-10-16/h3-6,9-12H,7-8,13-14H2,1-2H3,(H,19,20)/b12-11?,15-3+. The highest BCUT2D eigenvalue weighted by molar-refractivity contribution is 5.91. The molecule has 1 amide bonds. The number of hydrogen-bond acceptors (Lipinski definition) is 3. The van der Waals surface area contributed by atoms with Crippen molar-refractivity contribution in [3.05, 3.63) is 53.6 Å². The van der Waals surface area contributed by atoms with E-state index in [0.29, 0.717) is 18.7 Å². The Morgan fingerprint density at radius 1 is 1.18 bits per heavy atom. The number of hydrogen-bond donors (Lipinski definition) is 1. The van der Waals surface area contributed by atoms with Crippen LogP contribution in [0.1, 0.15) is 32.3 Å². The summed E-state index contributed by atoms with van der Waals surface area (Å²) in [5.41, 5.74) is 1.60. The fourth-order valence-corrected chi connectivity index (χ4v) is 1.63. The Kier molecular flexibility index (Phi) is 8.35. The quantitative estimate of drug-likeness (QED) is 0.456. The predicted octanol–water partition coefficient (Wildman–Crippen LogP) is 3.11. The molecule has 0 unspecified atom stereocenters. The second-order valence-corrected chi connectivity index (χ2v) is 4.85. The van der Waals surface area contributed by atoms with Crippen molar-refractivity contribution < 1.29 is 14.3 Å². The van der Waals surface area contributed by atoms with Gasteiger partial charge in [0.1, 0.15) is 0 Å². The Balaban J connectivity index is 2.11. The predicted molar refractivity (Wildman–Crippen MR) is 88.1 cm³/mol. The van der Waals surface area contributed by atoms with Gasteiger partial charge < -0.3 is 10.1 Å². The van der Waals surface area contributed by atoms with Crippen molar-refractivity contribution in [1.82, 2.24) is 5.32 Å². The van der Waals surface area contributed by atoms with E-state index in [9.17, 15) is 9.59 Å². The maximum Gasteiger partial charge on any atom is 0.333 e. The molecule has 0 aromatic heterocycles. The van der Waals surface area contributed by atoms with Gasteiger partial charge in [-0.1, -0.05) is 36.4 Å². The van der Waals surface area contributed by atoms with E-state index < -0.39 is 0 Å². The lowest BCUT2D eigenvalue weighted by atomic mass is 10.2. The molecular formula is C18H23NO3. The average molecular weight is 301 g/mol. The van der Waals surface area contributed by atoms with E-state index in [2.05, 4.69) is 5.32 Å². The number of rotatable bonds is 8. The molecule has 0 atom stereocenters. The van der Waals surface area contributed by atoms with Crippen molar-refractivity contribution >= 4 is 18.0 Å². The summed E-state index contributed by atoms with van der Waals surface area (Å²) >= 11 is 0. The van der Waals surface area contributed by atoms with Crippen LogP contribution >= 0.6 is 0 Å². The van der Waals surface area contributed by atoms with Crippen LogP contribution in [0.2, 0.25) is 0 Å². The smallest absolute Gasteiger partial charge is 0.333 e. The van der Waals surface area contributed by atoms with Crippen LogP contribution in [0.3, 0.4) is 0 Å². The Labute approximate surface area is 131 Å². The van der Waals surface area contributed by atoms with E-state index in [-0.39, 0.29) is 11.9 Å². The molecule has 1 aromatic carbocycles. The fraction of sp³-hybridized carbons (Fsp3) is 0.333. The summed E-state index contributed by atoms with van der Waals surface area (Å²) in [6, 6.07) is 9.65. The SMILES string of the molecule is C/C=C(\C)C(=O)OCCCCNC(=O)C=Cc1ccccc1. The molecule has 4 nitrogen and oxygen atoms in total. The van der Waals surface area contributed by atoms with Crippen LogP contribution in [0.5, 0.6) is 0 Å². The van der Waals surface area contributed by atoms with E-state index in [0.717, 1.165) is 18.4 Å². The zero-order chi connectivity index (χ0) is 16.2. The number of allylic oxidation sites excluding steroid dienone is 1. The first-order valence-electron chi connectivity index (χ1n) is 7.44. The van der Waals surface area contributed by atoms with E-state index in [4.69, 9.17) is 4.74 Å². The molecule has 0 bridgehead atoms. The van der Waals surface area contributed by atoms with Gasteiger partial charge in [0.15, 0.2) is 0 Å². The lowest BCUT2D eigenvalue weighted by molar-refractivity contribution is -0.139. The van der Waals surface area contributed by atoms with Crippen molar-refractivity contribution in [1.29, 1.82) is 0 Å². The molecule has 118 valence electrons. The molecule has 0 saturated heterocycles. The minimum absolute atomic E-state index is 0.120. The van der Waals surface area contributed by atoms with Gasteiger partial charge in [-0.05, 0) is 38.3 Å². The summed E-state index contributed by atoms with van der Waals surface area (Å²) in [5.74, 6) is -0.400. The molecule has 0 saturated carbocycles. The third kappa shape index (κ3) is 7.43. The number of nitrogens with one attached hydrogen (secondary N) is 1. The van der Waals surface area contributed by atoms with Gasteiger partial charge >= 0.3 is 5.97 Å². The molecule has 0 aliphatic rings. The Morgan fingerprint density at radius 3 is 2.59 bits per heavy atom. The summed E-state index contributed by atoms with van der Waals surface area (Å²) in [7, 11) is 0. The van der Waals surface area contributed by atoms with Crippen LogP contribution in [-0.4, -0.2) is 25.0 Å². The van der Waals surface area contributed by atoms with Crippen molar-refractivity contribution in [3.8, 4) is 0 Å². The van der Waals surface area contributed by atoms with Crippen LogP contribution < -0.4 is 5.32 Å². The second kappa shape index (κ2) is 10.4. The third-order valence-corrected chi connectivity index (χ3v) is 3.09. The molecule has 0 fully saturated rings. The monoisotopic (exact) mass is 301 g/mol. The van der Waals surface area contributed by atoms with E-state index in [1.165, 1.54) is 6.08 Å². The summed E-state index contributed by atoms with van der Waals surface area (Å²) in [4.78, 5) is 23.0. The number of benzene rings is 1. The third-order valence-electron chi connectivity index (χ3n) is 3.09. The van der Waals surface area contributed by atoms with Gasteiger partial charge in [0.25, 0.3) is 0 Å². The average Bonchev–Trinajstić information content (AvgIpc) is 2.56. The molecule has 0 aliphatic heterocycles. The fourth-order valence-electron chi connectivity index (χ4n) is 1.63. The summed E-state index contributed by atoms with van der Waals surface area (Å²) in [5, 5.41) is 2.80. The molecule has 1 aromatic rings. The minimum atomic E-state index is -0.280. The van der Waals surface area contributed by atoms with Gasteiger partial charge in [-0.3, -0.25) is 4.79 Å². The van der Waals surface area contributed by atoms with Crippen LogP contribution in [-0.2, 0) is 14.3 Å². The molecule has 1 N–H and O–H groups in total. The van der Waals surface area contributed by atoms with Crippen molar-refractivity contribution in [2.75, 3.05) is 13.2 Å². The summed E-state index contributed by atoms with van der Waals surface area (Å²) in [6.07, 6.45) is 6.52. The number of ether oxygens (including phenoxy) is 1. The minimum Gasteiger partial charge on any atom is -0.462 e. The normalized spacial score (nSPS) is 11.5. The van der Waals surface area contributed by atoms with Crippen LogP contribution in [0.25, 0.3) is 6.08 Å². The van der Waals surface area contributed by atoms with Crippen LogP contribution in [0.15, 0.2) is 48.1 Å². The Morgan fingerprint density at radius 2 is 1.91 bits per heavy atom. The molecule has 22 heavy (non-hydrogen) atoms. The number of carbonyl (C=O) groups is 2. The molecular weight excluding hydrogens is 278 g/mol. The van der Waals surface area contributed by atoms with E-state index in [1.54, 1.807) is 26.0 Å². The van der Waals surface area contributed by atoms with Gasteiger partial charge in [0.2, 0.25) is 5.91 Å². The molecule has 0 heterocycles. The maximum atomic E-state index is 11.6. The number of amides is 1. The number of esters is 1. The first-order chi connectivity index (χ1) is 10.6. The first-order valence-corrected chi connectivity index (χ1v) is 7.44. The molecule has 4 heteroatoms. The van der Waals surface area contributed by atoms with Crippen molar-refractivity contribution in [3.63, 3.8) is 0 Å². The highest BCUT2D eigenvalue weighted by atomic mass is 16.5. The van der Waals surface area contributed by atoms with Crippen molar-refractivity contribution in [2.24, 2.45) is 0 Å². The Hall–Kier alpha value is -2.36. The van der Waals surface area contributed by atoms with Crippen molar-refractivity contribution in [2.45, 2.75) is 26.7 Å². The maximum absolute atomic E-state index is 11.6. The lowest BCUT2D eigenvalue weighted by Gasteiger charge is -2.05. The number of carbonyl (C=O) groups excluding carboxylic acids is 2. The van der Waals surface area contributed by atoms with Gasteiger partial charge in [-0.25, -0.2) is 4.79 Å². The zero-order valence-electron chi connectivity index (χ0n) is 13.2. The molecule has 0 radical (unpaired) electrons. The van der Waals surface area contributed by atoms with Gasteiger partial charge in [0, 0.05) is 18.2 Å². The van der Waals surface area contributed by atoms with Crippen LogP contribution in [0.4, 0.5) is 0 Å². The highest BCUT2D eigenvalue weighted by Crippen LogP contribution is 2.00. The highest BCUT2D eigenvalue weighted by Gasteiger charge is 2.03. The van der Waals surface area contributed by atoms with Crippen LogP contribution in [0, 0.1) is 0 Å². The van der Waals surface area contributed by atoms with Gasteiger partial charge in [0.05, 0.1) is 6.61 Å². The summed E-state index contributed by atoms with van der Waals surface area (Å²) in [6.45, 7) is 4.47. The lowest BCUT2D eigenvalue weighted by Crippen LogP contribution is -2.22. The van der Waals surface area contributed by atoms with Gasteiger partial charge in [-0.15, -0.1) is 0 Å².